The first kappa shape index (κ1) is 15.4. The van der Waals surface area contributed by atoms with E-state index >= 15 is 0 Å². The highest BCUT2D eigenvalue weighted by Gasteiger charge is 2.11. The van der Waals surface area contributed by atoms with Gasteiger partial charge in [0.1, 0.15) is 0 Å². The maximum Gasteiger partial charge on any atom is 0.263 e. The molecule has 5 heteroatoms. The molecule has 0 spiro atoms. The highest BCUT2D eigenvalue weighted by molar-refractivity contribution is 6.62. The van der Waals surface area contributed by atoms with Crippen molar-refractivity contribution in [2.75, 3.05) is 0 Å². The average molecular weight is 204 g/mol. The minimum atomic E-state index is -1.10. The molecular weight excluding hydrogens is 188 g/mol. The Morgan fingerprint density at radius 1 is 1.07 bits per heavy atom. The molecule has 0 fully saturated rings. The minimum absolute atomic E-state index is 0.486. The highest BCUT2D eigenvalue weighted by atomic mass is 16.5. The van der Waals surface area contributed by atoms with Gasteiger partial charge in [-0.15, -0.1) is 0 Å². The number of hydrogen-bond donors (Lipinski definition) is 2. The fourth-order valence-electron chi connectivity index (χ4n) is 0.506. The van der Waals surface area contributed by atoms with Crippen molar-refractivity contribution in [1.29, 1.82) is 0 Å². The fourth-order valence-corrected chi connectivity index (χ4v) is 0.506. The third kappa shape index (κ3) is 10.9. The summed E-state index contributed by atoms with van der Waals surface area (Å²) in [5, 5.41) is 16.2. The summed E-state index contributed by atoms with van der Waals surface area (Å²) >= 11 is 0. The van der Waals surface area contributed by atoms with Crippen molar-refractivity contribution in [2.45, 2.75) is 39.9 Å². The Morgan fingerprint density at radius 2 is 1.43 bits per heavy atom. The second-order valence-electron chi connectivity index (χ2n) is 2.71. The molecular formula is C9H16O5. The van der Waals surface area contributed by atoms with E-state index < -0.39 is 23.6 Å². The van der Waals surface area contributed by atoms with Crippen molar-refractivity contribution < 1.29 is 24.6 Å². The van der Waals surface area contributed by atoms with Gasteiger partial charge in [0, 0.05) is 13.8 Å². The molecule has 0 aromatic heterocycles. The van der Waals surface area contributed by atoms with E-state index in [-0.39, 0.29) is 0 Å². The maximum atomic E-state index is 10.1. The van der Waals surface area contributed by atoms with Crippen LogP contribution in [0.15, 0.2) is 0 Å². The smallest absolute Gasteiger partial charge is 0.263 e. The Kier molecular flexibility index (Phi) is 9.38. The van der Waals surface area contributed by atoms with E-state index in [0.717, 1.165) is 20.3 Å². The molecule has 0 aromatic rings. The second-order valence-corrected chi connectivity index (χ2v) is 2.71. The zero-order chi connectivity index (χ0) is 11.7. The Hall–Kier alpha value is -1.07. The molecule has 2 N–H and O–H groups in total. The molecule has 5 nitrogen and oxygen atoms in total. The molecule has 0 aliphatic carbocycles. The minimum Gasteiger partial charge on any atom is -0.368 e. The lowest BCUT2D eigenvalue weighted by Crippen LogP contribution is -2.17. The molecule has 0 aromatic carbocycles. The predicted octanol–water partition coefficient (Wildman–Crippen LogP) is -0.169. The van der Waals surface area contributed by atoms with E-state index in [1.54, 1.807) is 0 Å². The Balaban J connectivity index is 0. The highest BCUT2D eigenvalue weighted by Crippen LogP contribution is 1.88. The molecule has 0 amide bonds. The number of carbonyl (C=O) groups is 3. The van der Waals surface area contributed by atoms with Gasteiger partial charge in [-0.05, 0) is 6.42 Å². The third-order valence-corrected chi connectivity index (χ3v) is 1.19. The summed E-state index contributed by atoms with van der Waals surface area (Å²) in [6, 6.07) is 0. The molecule has 0 radical (unpaired) electrons. The van der Waals surface area contributed by atoms with Crippen molar-refractivity contribution >= 4 is 17.3 Å². The van der Waals surface area contributed by atoms with Crippen LogP contribution in [0.4, 0.5) is 0 Å². The molecule has 14 heavy (non-hydrogen) atoms. The number of Topliss-reactive ketones (excluding diaryl/α,β-unsaturated/α-hetero) is 3. The summed E-state index contributed by atoms with van der Waals surface area (Å²) in [5.41, 5.74) is 0. The van der Waals surface area contributed by atoms with Crippen LogP contribution < -0.4 is 0 Å². The number of ketones is 3. The first-order valence-corrected chi connectivity index (χ1v) is 4.24. The summed E-state index contributed by atoms with van der Waals surface area (Å²) in [7, 11) is 0. The van der Waals surface area contributed by atoms with Gasteiger partial charge in [0.2, 0.25) is 11.6 Å². The zero-order valence-corrected chi connectivity index (χ0v) is 8.61. The molecule has 0 atom stereocenters. The summed E-state index contributed by atoms with van der Waals surface area (Å²) in [5.74, 6) is -2.32. The number of rotatable bonds is 4. The van der Waals surface area contributed by atoms with Crippen LogP contribution in [0.2, 0.25) is 0 Å². The standard InChI is InChI=1S/C5H6O3.C4H10O2/c1-3(6)5(8)4(2)7;1-2-3-4(5)6/h1-2H3;4-6H,2-3H2,1H3. The Labute approximate surface area is 82.7 Å². The molecule has 0 bridgehead atoms. The van der Waals surface area contributed by atoms with E-state index in [1.165, 1.54) is 0 Å². The molecule has 82 valence electrons. The van der Waals surface area contributed by atoms with E-state index in [2.05, 4.69) is 0 Å². The topological polar surface area (TPSA) is 91.7 Å². The van der Waals surface area contributed by atoms with Crippen LogP contribution in [0.3, 0.4) is 0 Å². The van der Waals surface area contributed by atoms with Crippen LogP contribution in [0, 0.1) is 0 Å². The lowest BCUT2D eigenvalue weighted by atomic mass is 10.2. The van der Waals surface area contributed by atoms with Crippen molar-refractivity contribution in [3.05, 3.63) is 0 Å². The summed E-state index contributed by atoms with van der Waals surface area (Å²) in [6.07, 6.45) is 0.215. The third-order valence-electron chi connectivity index (χ3n) is 1.19. The van der Waals surface area contributed by atoms with Crippen LogP contribution in [-0.2, 0) is 14.4 Å². The lowest BCUT2D eigenvalue weighted by Gasteiger charge is -1.94. The SMILES string of the molecule is CC(=O)C(=O)C(C)=O.CCCC(O)O. The average Bonchev–Trinajstić information content (AvgIpc) is 2.03. The largest absolute Gasteiger partial charge is 0.368 e. The monoisotopic (exact) mass is 204 g/mol. The van der Waals surface area contributed by atoms with E-state index in [9.17, 15) is 14.4 Å². The van der Waals surface area contributed by atoms with Gasteiger partial charge in [-0.3, -0.25) is 14.4 Å². The molecule has 0 heterocycles. The van der Waals surface area contributed by atoms with Crippen LogP contribution in [0.25, 0.3) is 0 Å². The number of hydrogen-bond acceptors (Lipinski definition) is 5. The number of aliphatic hydroxyl groups is 2. The second kappa shape index (κ2) is 8.52. The maximum absolute atomic E-state index is 10.1. The molecule has 0 saturated carbocycles. The molecule has 0 unspecified atom stereocenters. The lowest BCUT2D eigenvalue weighted by molar-refractivity contribution is -0.142. The summed E-state index contributed by atoms with van der Waals surface area (Å²) < 4.78 is 0. The van der Waals surface area contributed by atoms with Crippen molar-refractivity contribution in [1.82, 2.24) is 0 Å². The first-order valence-electron chi connectivity index (χ1n) is 4.24. The first-order chi connectivity index (χ1) is 6.32. The van der Waals surface area contributed by atoms with Crippen molar-refractivity contribution in [3.63, 3.8) is 0 Å². The molecule has 0 rings (SSSR count). The van der Waals surface area contributed by atoms with Gasteiger partial charge in [0.05, 0.1) is 0 Å². The van der Waals surface area contributed by atoms with Gasteiger partial charge in [-0.25, -0.2) is 0 Å². The number of aliphatic hydroxyl groups excluding tert-OH is 1. The number of carbonyl (C=O) groups excluding carboxylic acids is 3. The zero-order valence-electron chi connectivity index (χ0n) is 8.61. The Morgan fingerprint density at radius 3 is 1.43 bits per heavy atom. The predicted molar refractivity (Wildman–Crippen MR) is 49.5 cm³/mol. The molecule has 0 saturated heterocycles. The quantitative estimate of drug-likeness (QED) is 0.377. The van der Waals surface area contributed by atoms with Gasteiger partial charge in [-0.1, -0.05) is 13.3 Å². The Bertz CT molecular complexity index is 191. The van der Waals surface area contributed by atoms with E-state index in [0.29, 0.717) is 6.42 Å². The van der Waals surface area contributed by atoms with Gasteiger partial charge >= 0.3 is 0 Å². The fraction of sp³-hybridized carbons (Fsp3) is 0.667. The van der Waals surface area contributed by atoms with Crippen molar-refractivity contribution in [3.8, 4) is 0 Å². The van der Waals surface area contributed by atoms with Gasteiger partial charge in [-0.2, -0.15) is 0 Å². The van der Waals surface area contributed by atoms with E-state index in [1.807, 2.05) is 6.92 Å². The van der Waals surface area contributed by atoms with Crippen molar-refractivity contribution in [2.24, 2.45) is 0 Å². The van der Waals surface area contributed by atoms with Crippen LogP contribution >= 0.6 is 0 Å². The molecule has 0 aliphatic heterocycles. The van der Waals surface area contributed by atoms with Crippen LogP contribution in [0.5, 0.6) is 0 Å². The summed E-state index contributed by atoms with van der Waals surface area (Å²) in [6.45, 7) is 4.05. The van der Waals surface area contributed by atoms with Gasteiger partial charge in [0.25, 0.3) is 5.78 Å². The van der Waals surface area contributed by atoms with E-state index in [4.69, 9.17) is 10.2 Å². The molecule has 0 aliphatic rings. The van der Waals surface area contributed by atoms with Gasteiger partial charge < -0.3 is 10.2 Å². The summed E-state index contributed by atoms with van der Waals surface area (Å²) in [4.78, 5) is 30.2. The normalized spacial score (nSPS) is 9.00. The van der Waals surface area contributed by atoms with Crippen LogP contribution in [0.1, 0.15) is 33.6 Å². The van der Waals surface area contributed by atoms with Crippen LogP contribution in [-0.4, -0.2) is 33.9 Å². The van der Waals surface area contributed by atoms with Gasteiger partial charge in [0.15, 0.2) is 6.29 Å².